The Morgan fingerprint density at radius 1 is 1.29 bits per heavy atom. The number of carbonyl (C=O) groups is 1. The second kappa shape index (κ2) is 6.80. The summed E-state index contributed by atoms with van der Waals surface area (Å²) in [6.07, 6.45) is 4.37. The van der Waals surface area contributed by atoms with Crippen LogP contribution in [0.5, 0.6) is 0 Å². The van der Waals surface area contributed by atoms with Crippen molar-refractivity contribution in [2.75, 3.05) is 14.2 Å². The average Bonchev–Trinajstić information content (AvgIpc) is 2.72. The van der Waals surface area contributed by atoms with E-state index in [1.165, 1.54) is 25.5 Å². The van der Waals surface area contributed by atoms with Crippen molar-refractivity contribution < 1.29 is 9.53 Å². The predicted octanol–water partition coefficient (Wildman–Crippen LogP) is 2.92. The molecule has 0 aliphatic carbocycles. The van der Waals surface area contributed by atoms with Crippen molar-refractivity contribution in [1.82, 2.24) is 4.90 Å². The van der Waals surface area contributed by atoms with Gasteiger partial charge in [-0.1, -0.05) is 30.3 Å². The number of hydrogen-bond acceptors (Lipinski definition) is 3. The Hall–Kier alpha value is -1.06. The number of halogens is 1. The highest BCUT2D eigenvalue weighted by Crippen LogP contribution is 2.43. The minimum Gasteiger partial charge on any atom is -0.469 e. The molecule has 0 radical (unpaired) electrons. The third kappa shape index (κ3) is 3.09. The second-order valence-electron chi connectivity index (χ2n) is 6.18. The molecule has 0 N–H and O–H groups in total. The van der Waals surface area contributed by atoms with Gasteiger partial charge in [0.15, 0.2) is 0 Å². The van der Waals surface area contributed by atoms with Crippen LogP contribution in [0.3, 0.4) is 0 Å². The molecule has 1 aromatic rings. The molecule has 0 unspecified atom stereocenters. The summed E-state index contributed by atoms with van der Waals surface area (Å²) in [6, 6.07) is 11.6. The quantitative estimate of drug-likeness (QED) is 0.804. The van der Waals surface area contributed by atoms with Gasteiger partial charge in [-0.2, -0.15) is 0 Å². The molecule has 2 aliphatic rings. The van der Waals surface area contributed by atoms with Crippen LogP contribution in [0.2, 0.25) is 0 Å². The molecule has 4 heteroatoms. The number of hydrogen-bond donors (Lipinski definition) is 0. The summed E-state index contributed by atoms with van der Waals surface area (Å²) in [7, 11) is 3.73. The maximum Gasteiger partial charge on any atom is 0.309 e. The monoisotopic (exact) mass is 309 g/mol. The number of ether oxygens (including phenoxy) is 1. The van der Waals surface area contributed by atoms with Crippen LogP contribution in [0, 0.1) is 11.8 Å². The van der Waals surface area contributed by atoms with Gasteiger partial charge >= 0.3 is 5.97 Å². The summed E-state index contributed by atoms with van der Waals surface area (Å²) < 4.78 is 5.06. The maximum atomic E-state index is 12.2. The Kier molecular flexibility index (Phi) is 5.28. The van der Waals surface area contributed by atoms with Gasteiger partial charge in [0.1, 0.15) is 0 Å². The first-order chi connectivity index (χ1) is 9.70. The Bertz CT molecular complexity index is 479. The van der Waals surface area contributed by atoms with Crippen LogP contribution in [0.4, 0.5) is 0 Å². The maximum absolute atomic E-state index is 12.2. The molecule has 116 valence electrons. The molecular weight excluding hydrogens is 286 g/mol. The van der Waals surface area contributed by atoms with Gasteiger partial charge in [0.05, 0.1) is 13.0 Å². The first-order valence-corrected chi connectivity index (χ1v) is 7.54. The zero-order valence-electron chi connectivity index (χ0n) is 12.7. The molecule has 2 saturated heterocycles. The molecule has 3 rings (SSSR count). The van der Waals surface area contributed by atoms with E-state index in [2.05, 4.69) is 36.2 Å². The highest BCUT2D eigenvalue weighted by atomic mass is 35.5. The fourth-order valence-electron chi connectivity index (χ4n) is 4.16. The molecule has 21 heavy (non-hydrogen) atoms. The highest BCUT2D eigenvalue weighted by molar-refractivity contribution is 5.85. The van der Waals surface area contributed by atoms with E-state index in [1.807, 2.05) is 6.07 Å². The van der Waals surface area contributed by atoms with E-state index in [9.17, 15) is 4.79 Å². The fourth-order valence-corrected chi connectivity index (χ4v) is 4.16. The molecule has 3 nitrogen and oxygen atoms in total. The number of esters is 1. The smallest absolute Gasteiger partial charge is 0.309 e. The van der Waals surface area contributed by atoms with Gasteiger partial charge in [0, 0.05) is 12.1 Å². The van der Waals surface area contributed by atoms with Gasteiger partial charge in [0.2, 0.25) is 0 Å². The van der Waals surface area contributed by atoms with Gasteiger partial charge < -0.3 is 9.64 Å². The zero-order valence-corrected chi connectivity index (χ0v) is 13.5. The largest absolute Gasteiger partial charge is 0.469 e. The number of rotatable bonds is 3. The second-order valence-corrected chi connectivity index (χ2v) is 6.18. The lowest BCUT2D eigenvalue weighted by molar-refractivity contribution is -0.151. The fraction of sp³-hybridized carbons (Fsp3) is 0.588. The Labute approximate surface area is 133 Å². The van der Waals surface area contributed by atoms with Gasteiger partial charge in [-0.25, -0.2) is 0 Å². The van der Waals surface area contributed by atoms with Crippen LogP contribution >= 0.6 is 12.4 Å². The molecule has 0 aromatic heterocycles. The molecule has 2 heterocycles. The van der Waals surface area contributed by atoms with Crippen molar-refractivity contribution in [1.29, 1.82) is 0 Å². The summed E-state index contributed by atoms with van der Waals surface area (Å²) in [5.74, 6) is 0.429. The topological polar surface area (TPSA) is 29.5 Å². The number of piperidine rings is 1. The molecule has 0 spiro atoms. The van der Waals surface area contributed by atoms with E-state index in [-0.39, 0.29) is 24.3 Å². The Morgan fingerprint density at radius 3 is 2.67 bits per heavy atom. The average molecular weight is 310 g/mol. The van der Waals surface area contributed by atoms with Crippen LogP contribution in [0.1, 0.15) is 24.8 Å². The van der Waals surface area contributed by atoms with E-state index in [0.717, 1.165) is 12.8 Å². The summed E-state index contributed by atoms with van der Waals surface area (Å²) >= 11 is 0. The lowest BCUT2D eigenvalue weighted by atomic mass is 9.77. The molecule has 1 aromatic carbocycles. The minimum absolute atomic E-state index is 0. The molecule has 0 amide bonds. The number of carbonyl (C=O) groups excluding carboxylic acids is 1. The van der Waals surface area contributed by atoms with Crippen LogP contribution in [0.15, 0.2) is 30.3 Å². The first kappa shape index (κ1) is 16.3. The summed E-state index contributed by atoms with van der Waals surface area (Å²) in [4.78, 5) is 14.6. The normalized spacial score (nSPS) is 31.5. The highest BCUT2D eigenvalue weighted by Gasteiger charge is 2.48. The lowest BCUT2D eigenvalue weighted by Gasteiger charge is -2.42. The molecule has 2 fully saturated rings. The number of nitrogens with zero attached hydrogens (tertiary/aromatic N) is 1. The molecule has 2 bridgehead atoms. The van der Waals surface area contributed by atoms with Crippen molar-refractivity contribution in [3.63, 3.8) is 0 Å². The number of methoxy groups -OCH3 is 1. The van der Waals surface area contributed by atoms with E-state index in [0.29, 0.717) is 18.0 Å². The molecule has 0 saturated carbocycles. The van der Waals surface area contributed by atoms with Crippen molar-refractivity contribution in [3.05, 3.63) is 35.9 Å². The zero-order chi connectivity index (χ0) is 14.1. The lowest BCUT2D eigenvalue weighted by Crippen LogP contribution is -2.49. The van der Waals surface area contributed by atoms with Crippen molar-refractivity contribution >= 4 is 18.4 Å². The van der Waals surface area contributed by atoms with Crippen LogP contribution in [0.25, 0.3) is 0 Å². The third-order valence-corrected chi connectivity index (χ3v) is 5.25. The minimum atomic E-state index is -0.0177. The summed E-state index contributed by atoms with van der Waals surface area (Å²) in [5.41, 5.74) is 1.32. The van der Waals surface area contributed by atoms with E-state index in [1.54, 1.807) is 0 Å². The van der Waals surface area contributed by atoms with Gasteiger partial charge in [0.25, 0.3) is 0 Å². The number of fused-ring (bicyclic) bond motifs is 2. The van der Waals surface area contributed by atoms with Gasteiger partial charge in [-0.05, 0) is 44.2 Å². The van der Waals surface area contributed by atoms with Gasteiger partial charge in [-0.15, -0.1) is 12.4 Å². The summed E-state index contributed by atoms with van der Waals surface area (Å²) in [6.45, 7) is 0. The third-order valence-electron chi connectivity index (χ3n) is 5.25. The summed E-state index contributed by atoms with van der Waals surface area (Å²) in [5, 5.41) is 0. The van der Waals surface area contributed by atoms with E-state index < -0.39 is 0 Å². The van der Waals surface area contributed by atoms with Gasteiger partial charge in [-0.3, -0.25) is 4.79 Å². The molecule has 4 atom stereocenters. The van der Waals surface area contributed by atoms with Crippen molar-refractivity contribution in [3.8, 4) is 0 Å². The number of benzene rings is 1. The first-order valence-electron chi connectivity index (χ1n) is 7.54. The Balaban J connectivity index is 0.00000161. The van der Waals surface area contributed by atoms with Crippen LogP contribution in [-0.2, 0) is 16.0 Å². The molecule has 2 aliphatic heterocycles. The predicted molar refractivity (Wildman–Crippen MR) is 85.6 cm³/mol. The van der Waals surface area contributed by atoms with E-state index in [4.69, 9.17) is 4.74 Å². The standard InChI is InChI=1S/C17H23NO2.ClH/c1-18-13-8-9-16(18)14(15(11-13)17(19)20-2)10-12-6-4-3-5-7-12;/h3-7,13-16H,8-11H2,1-2H3;1H/t13-,14+,15+,16-;/m1./s1. The van der Waals surface area contributed by atoms with Crippen molar-refractivity contribution in [2.45, 2.75) is 37.8 Å². The molecular formula is C17H24ClNO2. The Morgan fingerprint density at radius 2 is 2.00 bits per heavy atom. The van der Waals surface area contributed by atoms with E-state index >= 15 is 0 Å². The van der Waals surface area contributed by atoms with Crippen molar-refractivity contribution in [2.24, 2.45) is 11.8 Å². The van der Waals surface area contributed by atoms with Crippen LogP contribution < -0.4 is 0 Å². The van der Waals surface area contributed by atoms with Crippen LogP contribution in [-0.4, -0.2) is 37.1 Å². The SMILES string of the molecule is COC(=O)[C@H]1C[C@H]2CC[C@H]([C@H]1Cc1ccccc1)N2C.Cl.